The Bertz CT molecular complexity index is 1310. The number of hydrogen-bond acceptors (Lipinski definition) is 6. The van der Waals surface area contributed by atoms with E-state index in [1.165, 1.54) is 4.57 Å². The molecule has 0 aliphatic carbocycles. The van der Waals surface area contributed by atoms with Crippen molar-refractivity contribution in [1.82, 2.24) is 14.9 Å². The summed E-state index contributed by atoms with van der Waals surface area (Å²) < 4.78 is 1.32. The van der Waals surface area contributed by atoms with Crippen LogP contribution < -0.4 is 21.3 Å². The van der Waals surface area contributed by atoms with E-state index in [0.29, 0.717) is 27.3 Å². The minimum atomic E-state index is -0.816. The van der Waals surface area contributed by atoms with Gasteiger partial charge in [-0.2, -0.15) is 0 Å². The van der Waals surface area contributed by atoms with Gasteiger partial charge in [0.15, 0.2) is 6.67 Å². The maximum absolute atomic E-state index is 13.4. The summed E-state index contributed by atoms with van der Waals surface area (Å²) in [6, 6.07) is 9.83. The van der Waals surface area contributed by atoms with Crippen molar-refractivity contribution >= 4 is 40.0 Å². The van der Waals surface area contributed by atoms with E-state index in [1.54, 1.807) is 31.2 Å². The van der Waals surface area contributed by atoms with Gasteiger partial charge in [-0.25, -0.2) is 4.98 Å². The summed E-state index contributed by atoms with van der Waals surface area (Å²) in [6.45, 7) is 3.64. The number of carbonyl (C=O) groups is 2. The zero-order valence-corrected chi connectivity index (χ0v) is 19.0. The maximum atomic E-state index is 13.4. The smallest absolute Gasteiger partial charge is 0.262 e. The topological polar surface area (TPSA) is 121 Å². The van der Waals surface area contributed by atoms with E-state index in [2.05, 4.69) is 15.6 Å². The molecule has 1 aromatic heterocycles. The van der Waals surface area contributed by atoms with Gasteiger partial charge in [-0.05, 0) is 44.0 Å². The number of imide groups is 1. The maximum Gasteiger partial charge on any atom is 0.262 e. The average molecular weight is 470 g/mol. The van der Waals surface area contributed by atoms with Crippen LogP contribution in [-0.2, 0) is 16.1 Å². The Hall–Kier alpha value is -3.27. The number of piperidine rings is 1. The number of nitrogens with zero attached hydrogens (tertiary/aromatic N) is 2. The van der Waals surface area contributed by atoms with Gasteiger partial charge in [-0.1, -0.05) is 29.8 Å². The second-order valence-electron chi connectivity index (χ2n) is 8.15. The second kappa shape index (κ2) is 9.30. The fourth-order valence-electron chi connectivity index (χ4n) is 4.04. The number of hydroxylamine groups is 2. The van der Waals surface area contributed by atoms with Gasteiger partial charge in [0, 0.05) is 22.7 Å². The number of benzene rings is 2. The van der Waals surface area contributed by atoms with Gasteiger partial charge in [-0.15, -0.1) is 0 Å². The fraction of sp³-hybridized carbons (Fsp3) is 0.304. The number of fused-ring (bicyclic) bond motifs is 1. The van der Waals surface area contributed by atoms with Crippen molar-refractivity contribution in [3.8, 4) is 0 Å². The van der Waals surface area contributed by atoms with Crippen molar-refractivity contribution in [2.45, 2.75) is 39.3 Å². The normalized spacial score (nSPS) is 17.2. The van der Waals surface area contributed by atoms with Crippen molar-refractivity contribution in [3.63, 3.8) is 0 Å². The highest BCUT2D eigenvalue weighted by Crippen LogP contribution is 2.21. The summed E-state index contributed by atoms with van der Waals surface area (Å²) in [6.07, 6.45) is 0.373. The quantitative estimate of drug-likeness (QED) is 0.286. The second-order valence-corrected chi connectivity index (χ2v) is 8.55. The van der Waals surface area contributed by atoms with Crippen molar-refractivity contribution in [3.05, 3.63) is 73.9 Å². The number of aromatic nitrogens is 2. The molecule has 2 heterocycles. The fourth-order valence-corrected chi connectivity index (χ4v) is 4.22. The van der Waals surface area contributed by atoms with Gasteiger partial charge >= 0.3 is 0 Å². The predicted octanol–water partition coefficient (Wildman–Crippen LogP) is 1.60. The molecule has 2 atom stereocenters. The van der Waals surface area contributed by atoms with Crippen LogP contribution in [-0.4, -0.2) is 28.0 Å². The molecule has 1 saturated heterocycles. The first-order valence-corrected chi connectivity index (χ1v) is 11.0. The van der Waals surface area contributed by atoms with E-state index in [-0.39, 0.29) is 37.0 Å². The van der Waals surface area contributed by atoms with Gasteiger partial charge in [0.05, 0.1) is 10.9 Å². The first-order valence-electron chi connectivity index (χ1n) is 10.6. The van der Waals surface area contributed by atoms with Crippen LogP contribution in [0, 0.1) is 19.1 Å². The van der Waals surface area contributed by atoms with Gasteiger partial charge < -0.3 is 15.6 Å². The molecule has 2 aromatic carbocycles. The first kappa shape index (κ1) is 22.9. The molecular formula is C23H24ClN5O4. The molecule has 2 amide bonds. The molecule has 10 heteroatoms. The lowest BCUT2D eigenvalue weighted by Gasteiger charge is -2.26. The molecule has 1 aliphatic rings. The van der Waals surface area contributed by atoms with Crippen molar-refractivity contribution in [2.24, 2.45) is 0 Å². The highest BCUT2D eigenvalue weighted by Gasteiger charge is 2.30. The SMILES string of the molecule is Cc1ccc(NC[NH+]([O-])Cc2cccc3nc(C)n(C4CCC(=O)NC4=O)c(=O)c23)cc1Cl. The van der Waals surface area contributed by atoms with Crippen molar-refractivity contribution in [1.29, 1.82) is 0 Å². The van der Waals surface area contributed by atoms with Crippen LogP contribution >= 0.6 is 11.6 Å². The molecule has 1 fully saturated rings. The number of carbonyl (C=O) groups excluding carboxylic acids is 2. The molecule has 33 heavy (non-hydrogen) atoms. The molecule has 2 unspecified atom stereocenters. The largest absolute Gasteiger partial charge is 0.633 e. The van der Waals surface area contributed by atoms with Crippen LogP contribution in [0.5, 0.6) is 0 Å². The van der Waals surface area contributed by atoms with Crippen LogP contribution in [0.25, 0.3) is 10.9 Å². The summed E-state index contributed by atoms with van der Waals surface area (Å²) in [5, 5.41) is 18.8. The molecule has 172 valence electrons. The Morgan fingerprint density at radius 1 is 1.24 bits per heavy atom. The van der Waals surface area contributed by atoms with E-state index in [0.717, 1.165) is 11.3 Å². The lowest BCUT2D eigenvalue weighted by molar-refractivity contribution is -0.858. The van der Waals surface area contributed by atoms with Crippen LogP contribution in [0.2, 0.25) is 5.02 Å². The molecule has 0 radical (unpaired) electrons. The van der Waals surface area contributed by atoms with Crippen LogP contribution in [0.3, 0.4) is 0 Å². The van der Waals surface area contributed by atoms with Crippen LogP contribution in [0.4, 0.5) is 5.69 Å². The zero-order valence-electron chi connectivity index (χ0n) is 18.3. The number of nitrogens with one attached hydrogen (secondary N) is 3. The van der Waals surface area contributed by atoms with Gasteiger partial charge in [0.1, 0.15) is 18.4 Å². The van der Waals surface area contributed by atoms with E-state index in [9.17, 15) is 19.6 Å². The number of amides is 2. The third-order valence-electron chi connectivity index (χ3n) is 5.76. The lowest BCUT2D eigenvalue weighted by atomic mass is 10.0. The predicted molar refractivity (Wildman–Crippen MR) is 125 cm³/mol. The van der Waals surface area contributed by atoms with Gasteiger partial charge in [-0.3, -0.25) is 24.3 Å². The van der Waals surface area contributed by atoms with Crippen molar-refractivity contribution in [2.75, 3.05) is 12.0 Å². The Labute approximate surface area is 194 Å². The summed E-state index contributed by atoms with van der Waals surface area (Å²) in [5.41, 5.74) is 2.28. The Kier molecular flexibility index (Phi) is 6.46. The van der Waals surface area contributed by atoms with E-state index in [1.807, 2.05) is 19.1 Å². The third-order valence-corrected chi connectivity index (χ3v) is 6.17. The van der Waals surface area contributed by atoms with Gasteiger partial charge in [0.2, 0.25) is 11.8 Å². The summed E-state index contributed by atoms with van der Waals surface area (Å²) in [4.78, 5) is 41.8. The number of halogens is 1. The summed E-state index contributed by atoms with van der Waals surface area (Å²) in [7, 11) is 0. The Balaban J connectivity index is 1.61. The zero-order chi connectivity index (χ0) is 23.7. The molecule has 4 rings (SSSR count). The molecule has 3 aromatic rings. The number of rotatable bonds is 6. The highest BCUT2D eigenvalue weighted by atomic mass is 35.5. The molecule has 0 bridgehead atoms. The van der Waals surface area contributed by atoms with E-state index < -0.39 is 17.5 Å². The summed E-state index contributed by atoms with van der Waals surface area (Å²) >= 11 is 6.14. The first-order chi connectivity index (χ1) is 15.7. The minimum Gasteiger partial charge on any atom is -0.633 e. The van der Waals surface area contributed by atoms with Crippen molar-refractivity contribution < 1.29 is 14.7 Å². The number of quaternary nitrogens is 1. The molecule has 1 aliphatic heterocycles. The van der Waals surface area contributed by atoms with Gasteiger partial charge in [0.25, 0.3) is 5.56 Å². The number of aryl methyl sites for hydroxylation is 2. The molecular weight excluding hydrogens is 446 g/mol. The third kappa shape index (κ3) is 4.75. The highest BCUT2D eigenvalue weighted by molar-refractivity contribution is 6.31. The molecule has 3 N–H and O–H groups in total. The summed E-state index contributed by atoms with van der Waals surface area (Å²) in [5.74, 6) is -0.500. The Morgan fingerprint density at radius 3 is 2.76 bits per heavy atom. The van der Waals surface area contributed by atoms with Crippen LogP contribution in [0.15, 0.2) is 41.2 Å². The minimum absolute atomic E-state index is 0.0270. The van der Waals surface area contributed by atoms with E-state index in [4.69, 9.17) is 11.6 Å². The van der Waals surface area contributed by atoms with E-state index >= 15 is 0 Å². The standard InChI is InChI=1S/C23H24ClN5O4/c1-13-6-7-16(10-17(13)24)25-12-28(33)11-15-4-3-5-18-21(15)23(32)29(14(2)26-18)19-8-9-20(30)27-22(19)31/h3-7,10,19,25,28H,8-9,11-12H2,1-2H3,(H,27,30,31). The number of hydrogen-bond donors (Lipinski definition) is 3. The lowest BCUT2D eigenvalue weighted by Crippen LogP contribution is -3.06. The average Bonchev–Trinajstić information content (AvgIpc) is 2.76. The Morgan fingerprint density at radius 2 is 2.03 bits per heavy atom. The molecule has 0 saturated carbocycles. The molecule has 9 nitrogen and oxygen atoms in total. The monoisotopic (exact) mass is 469 g/mol. The van der Waals surface area contributed by atoms with Crippen LogP contribution in [0.1, 0.15) is 35.8 Å². The number of anilines is 1. The molecule has 0 spiro atoms.